The second-order valence-electron chi connectivity index (χ2n) is 9.68. The Morgan fingerprint density at radius 3 is 2.41 bits per heavy atom. The van der Waals surface area contributed by atoms with Gasteiger partial charge in [0.1, 0.15) is 0 Å². The van der Waals surface area contributed by atoms with Gasteiger partial charge in [0, 0.05) is 51.4 Å². The Hall–Kier alpha value is -2.21. The van der Waals surface area contributed by atoms with Crippen LogP contribution in [-0.2, 0) is 24.4 Å². The van der Waals surface area contributed by atoms with Crippen LogP contribution in [0.4, 0.5) is 0 Å². The van der Waals surface area contributed by atoms with Crippen molar-refractivity contribution in [3.05, 3.63) is 70.8 Å². The molecule has 2 unspecified atom stereocenters. The zero-order chi connectivity index (χ0) is 22.3. The van der Waals surface area contributed by atoms with Crippen LogP contribution in [0.1, 0.15) is 47.3 Å². The molecule has 0 spiro atoms. The molecule has 0 radical (unpaired) electrons. The molecule has 2 aliphatic rings. The van der Waals surface area contributed by atoms with Crippen LogP contribution in [0.25, 0.3) is 0 Å². The predicted octanol–water partition coefficient (Wildman–Crippen LogP) is 3.93. The number of hydrogen-bond donors (Lipinski definition) is 1. The van der Waals surface area contributed by atoms with Gasteiger partial charge in [-0.2, -0.15) is 0 Å². The largest absolute Gasteiger partial charge is 0.379 e. The highest BCUT2D eigenvalue weighted by atomic mass is 16.5. The van der Waals surface area contributed by atoms with Gasteiger partial charge in [-0.3, -0.25) is 14.6 Å². The third-order valence-corrected chi connectivity index (χ3v) is 6.60. The fraction of sp³-hybridized carbons (Fsp3) is 0.519. The molecule has 32 heavy (non-hydrogen) atoms. The lowest BCUT2D eigenvalue weighted by atomic mass is 9.91. The summed E-state index contributed by atoms with van der Waals surface area (Å²) in [5, 5.41) is 3.15. The minimum absolute atomic E-state index is 0.0103. The average Bonchev–Trinajstić information content (AvgIpc) is 2.78. The number of likely N-dealkylation sites (tertiary alicyclic amines) is 1. The van der Waals surface area contributed by atoms with Crippen molar-refractivity contribution in [1.82, 2.24) is 15.1 Å². The Bertz CT molecular complexity index is 884. The van der Waals surface area contributed by atoms with Crippen molar-refractivity contribution < 1.29 is 9.53 Å². The van der Waals surface area contributed by atoms with Crippen molar-refractivity contribution >= 4 is 5.91 Å². The first kappa shape index (κ1) is 23.0. The van der Waals surface area contributed by atoms with E-state index in [1.165, 1.54) is 23.1 Å². The van der Waals surface area contributed by atoms with Gasteiger partial charge in [0.2, 0.25) is 0 Å². The summed E-state index contributed by atoms with van der Waals surface area (Å²) in [7, 11) is 0. The lowest BCUT2D eigenvalue weighted by Crippen LogP contribution is -2.38. The molecule has 2 aliphatic heterocycles. The number of amides is 1. The highest BCUT2D eigenvalue weighted by Crippen LogP contribution is 2.23. The lowest BCUT2D eigenvalue weighted by Gasteiger charge is -2.35. The fourth-order valence-corrected chi connectivity index (χ4v) is 5.15. The highest BCUT2D eigenvalue weighted by Gasteiger charge is 2.22. The van der Waals surface area contributed by atoms with E-state index in [9.17, 15) is 4.79 Å². The number of ether oxygens (including phenoxy) is 1. The standard InChI is InChI=1S/C27H37N3O2/c1-21-14-22(2)18-30(17-21)20-26-8-4-3-7-25(26)16-28-27(31)24-9-5-6-23(15-24)19-29-10-12-32-13-11-29/h3-9,15,21-22H,10-14,16-20H2,1-2H3,(H,28,31). The number of morpholine rings is 1. The zero-order valence-corrected chi connectivity index (χ0v) is 19.6. The van der Waals surface area contributed by atoms with E-state index in [4.69, 9.17) is 4.74 Å². The molecule has 2 saturated heterocycles. The molecule has 1 N–H and O–H groups in total. The molecule has 5 nitrogen and oxygen atoms in total. The van der Waals surface area contributed by atoms with Gasteiger partial charge in [-0.15, -0.1) is 0 Å². The van der Waals surface area contributed by atoms with Gasteiger partial charge in [-0.05, 0) is 47.1 Å². The predicted molar refractivity (Wildman–Crippen MR) is 128 cm³/mol. The first-order valence-electron chi connectivity index (χ1n) is 12.0. The summed E-state index contributed by atoms with van der Waals surface area (Å²) in [6.45, 7) is 12.8. The number of piperidine rings is 1. The molecule has 2 heterocycles. The number of rotatable bonds is 7. The van der Waals surface area contributed by atoms with E-state index >= 15 is 0 Å². The van der Waals surface area contributed by atoms with E-state index in [1.807, 2.05) is 18.2 Å². The van der Waals surface area contributed by atoms with Crippen LogP contribution in [0.5, 0.6) is 0 Å². The highest BCUT2D eigenvalue weighted by molar-refractivity contribution is 5.94. The number of benzene rings is 2. The molecule has 172 valence electrons. The molecular weight excluding hydrogens is 398 g/mol. The van der Waals surface area contributed by atoms with E-state index < -0.39 is 0 Å². The average molecular weight is 436 g/mol. The summed E-state index contributed by atoms with van der Waals surface area (Å²) < 4.78 is 5.43. The second-order valence-corrected chi connectivity index (χ2v) is 9.68. The second kappa shape index (κ2) is 11.1. The fourth-order valence-electron chi connectivity index (χ4n) is 5.15. The van der Waals surface area contributed by atoms with Crippen molar-refractivity contribution in [2.75, 3.05) is 39.4 Å². The van der Waals surface area contributed by atoms with E-state index in [-0.39, 0.29) is 5.91 Å². The Morgan fingerprint density at radius 1 is 0.938 bits per heavy atom. The Kier molecular flexibility index (Phi) is 7.95. The minimum atomic E-state index is -0.0103. The van der Waals surface area contributed by atoms with Crippen LogP contribution in [0.2, 0.25) is 0 Å². The Labute approximate surface area is 192 Å². The van der Waals surface area contributed by atoms with Crippen molar-refractivity contribution in [2.24, 2.45) is 11.8 Å². The van der Waals surface area contributed by atoms with E-state index in [0.29, 0.717) is 6.54 Å². The number of hydrogen-bond acceptors (Lipinski definition) is 4. The Balaban J connectivity index is 1.35. The molecule has 2 aromatic rings. The number of nitrogens with one attached hydrogen (secondary N) is 1. The summed E-state index contributed by atoms with van der Waals surface area (Å²) >= 11 is 0. The summed E-state index contributed by atoms with van der Waals surface area (Å²) in [5.41, 5.74) is 4.42. The van der Waals surface area contributed by atoms with E-state index in [1.54, 1.807) is 0 Å². The molecule has 5 heteroatoms. The van der Waals surface area contributed by atoms with E-state index in [2.05, 4.69) is 59.3 Å². The maximum atomic E-state index is 12.9. The van der Waals surface area contributed by atoms with Crippen LogP contribution in [-0.4, -0.2) is 55.1 Å². The molecular formula is C27H37N3O2. The van der Waals surface area contributed by atoms with Crippen molar-refractivity contribution in [3.63, 3.8) is 0 Å². The number of nitrogens with zero attached hydrogens (tertiary/aromatic N) is 2. The third-order valence-electron chi connectivity index (χ3n) is 6.60. The van der Waals surface area contributed by atoms with Gasteiger partial charge < -0.3 is 10.1 Å². The van der Waals surface area contributed by atoms with Crippen LogP contribution in [0, 0.1) is 11.8 Å². The van der Waals surface area contributed by atoms with Crippen molar-refractivity contribution in [3.8, 4) is 0 Å². The smallest absolute Gasteiger partial charge is 0.251 e. The number of carbonyl (C=O) groups excluding carboxylic acids is 1. The van der Waals surface area contributed by atoms with Gasteiger partial charge >= 0.3 is 0 Å². The zero-order valence-electron chi connectivity index (χ0n) is 19.6. The van der Waals surface area contributed by atoms with Gasteiger partial charge in [-0.25, -0.2) is 0 Å². The summed E-state index contributed by atoms with van der Waals surface area (Å²) in [6.07, 6.45) is 1.32. The normalized spacial score (nSPS) is 22.6. The summed E-state index contributed by atoms with van der Waals surface area (Å²) in [5.74, 6) is 1.48. The van der Waals surface area contributed by atoms with Crippen LogP contribution in [0.15, 0.2) is 48.5 Å². The summed E-state index contributed by atoms with van der Waals surface area (Å²) in [4.78, 5) is 17.8. The van der Waals surface area contributed by atoms with Gasteiger partial charge in [0.25, 0.3) is 5.91 Å². The van der Waals surface area contributed by atoms with E-state index in [0.717, 1.165) is 69.9 Å². The molecule has 4 rings (SSSR count). The maximum Gasteiger partial charge on any atom is 0.251 e. The quantitative estimate of drug-likeness (QED) is 0.716. The molecule has 1 amide bonds. The van der Waals surface area contributed by atoms with Crippen LogP contribution in [0.3, 0.4) is 0 Å². The molecule has 2 atom stereocenters. The lowest BCUT2D eigenvalue weighted by molar-refractivity contribution is 0.0342. The van der Waals surface area contributed by atoms with Gasteiger partial charge in [-0.1, -0.05) is 50.2 Å². The van der Waals surface area contributed by atoms with Crippen molar-refractivity contribution in [1.29, 1.82) is 0 Å². The first-order valence-corrected chi connectivity index (χ1v) is 12.0. The third kappa shape index (κ3) is 6.41. The first-order chi connectivity index (χ1) is 15.6. The molecule has 0 aromatic heterocycles. The molecule has 0 saturated carbocycles. The number of carbonyl (C=O) groups is 1. The van der Waals surface area contributed by atoms with Crippen molar-refractivity contribution in [2.45, 2.75) is 39.9 Å². The SMILES string of the molecule is CC1CC(C)CN(Cc2ccccc2CNC(=O)c2cccc(CN3CCOCC3)c2)C1. The van der Waals surface area contributed by atoms with Crippen LogP contribution >= 0.6 is 0 Å². The molecule has 2 fully saturated rings. The molecule has 0 bridgehead atoms. The maximum absolute atomic E-state index is 12.9. The van der Waals surface area contributed by atoms with Crippen LogP contribution < -0.4 is 5.32 Å². The van der Waals surface area contributed by atoms with Gasteiger partial charge in [0.05, 0.1) is 13.2 Å². The summed E-state index contributed by atoms with van der Waals surface area (Å²) in [6, 6.07) is 16.5. The molecule has 2 aromatic carbocycles. The van der Waals surface area contributed by atoms with Gasteiger partial charge in [0.15, 0.2) is 0 Å². The monoisotopic (exact) mass is 435 g/mol. The minimum Gasteiger partial charge on any atom is -0.379 e. The topological polar surface area (TPSA) is 44.8 Å². The molecule has 0 aliphatic carbocycles. The Morgan fingerprint density at radius 2 is 1.66 bits per heavy atom.